The summed E-state index contributed by atoms with van der Waals surface area (Å²) in [7, 11) is 0. The van der Waals surface area contributed by atoms with Gasteiger partial charge in [-0.3, -0.25) is 4.90 Å². The Morgan fingerprint density at radius 3 is 2.47 bits per heavy atom. The van der Waals surface area contributed by atoms with E-state index in [0.29, 0.717) is 17.6 Å². The molecule has 4 heteroatoms. The first-order valence-electron chi connectivity index (χ1n) is 6.99. The quantitative estimate of drug-likeness (QED) is 0.721. The number of hydrogen-bond donors (Lipinski definition) is 2. The summed E-state index contributed by atoms with van der Waals surface area (Å²) < 4.78 is 0. The van der Waals surface area contributed by atoms with E-state index in [-0.39, 0.29) is 6.61 Å². The molecule has 1 aliphatic rings. The Hall–Kier alpha value is -0.610. The van der Waals surface area contributed by atoms with E-state index in [2.05, 4.69) is 4.90 Å². The van der Waals surface area contributed by atoms with Gasteiger partial charge in [0.15, 0.2) is 0 Å². The molecule has 0 amide bonds. The summed E-state index contributed by atoms with van der Waals surface area (Å²) in [5.74, 6) is 0. The molecule has 0 aliphatic heterocycles. The number of hydrogen-bond acceptors (Lipinski definition) is 3. The summed E-state index contributed by atoms with van der Waals surface area (Å²) in [6, 6.07) is 8.01. The van der Waals surface area contributed by atoms with Crippen molar-refractivity contribution >= 4 is 11.6 Å². The molecule has 2 N–H and O–H groups in total. The van der Waals surface area contributed by atoms with E-state index < -0.39 is 6.10 Å². The molecule has 106 valence electrons. The van der Waals surface area contributed by atoms with Crippen LogP contribution in [-0.2, 0) is 0 Å². The van der Waals surface area contributed by atoms with Crippen LogP contribution in [0.2, 0.25) is 5.02 Å². The molecule has 3 nitrogen and oxygen atoms in total. The Balaban J connectivity index is 1.87. The zero-order valence-corrected chi connectivity index (χ0v) is 11.9. The highest BCUT2D eigenvalue weighted by Crippen LogP contribution is 2.29. The first-order chi connectivity index (χ1) is 9.20. The number of aliphatic hydroxyl groups excluding tert-OH is 2. The summed E-state index contributed by atoms with van der Waals surface area (Å²) in [5, 5.41) is 19.8. The third-order valence-corrected chi connectivity index (χ3v) is 3.83. The smallest absolute Gasteiger partial charge is 0.0917 e. The topological polar surface area (TPSA) is 43.7 Å². The van der Waals surface area contributed by atoms with Gasteiger partial charge in [-0.25, -0.2) is 0 Å². The van der Waals surface area contributed by atoms with Gasteiger partial charge in [0.05, 0.1) is 6.10 Å². The van der Waals surface area contributed by atoms with Gasteiger partial charge in [-0.1, -0.05) is 23.7 Å². The van der Waals surface area contributed by atoms with E-state index in [1.54, 1.807) is 0 Å². The standard InChI is InChI=1S/C15H22ClNO2/c16-13-5-3-12(4-6-13)15(19)11-17(14-7-8-14)9-1-2-10-18/h3-6,14-15,18-19H,1-2,7-11H2. The van der Waals surface area contributed by atoms with Crippen LogP contribution in [0.15, 0.2) is 24.3 Å². The highest BCUT2D eigenvalue weighted by Gasteiger charge is 2.29. The van der Waals surface area contributed by atoms with Gasteiger partial charge in [0.1, 0.15) is 0 Å². The first-order valence-corrected chi connectivity index (χ1v) is 7.37. The molecule has 1 aliphatic carbocycles. The Morgan fingerprint density at radius 2 is 1.89 bits per heavy atom. The highest BCUT2D eigenvalue weighted by molar-refractivity contribution is 6.30. The van der Waals surface area contributed by atoms with Crippen LogP contribution < -0.4 is 0 Å². The minimum absolute atomic E-state index is 0.248. The number of rotatable bonds is 8. The number of halogens is 1. The molecule has 0 bridgehead atoms. The molecular formula is C15H22ClNO2. The molecule has 0 aromatic heterocycles. The van der Waals surface area contributed by atoms with Crippen LogP contribution >= 0.6 is 11.6 Å². The van der Waals surface area contributed by atoms with Crippen LogP contribution in [0.5, 0.6) is 0 Å². The number of benzene rings is 1. The highest BCUT2D eigenvalue weighted by atomic mass is 35.5. The second-order valence-corrected chi connectivity index (χ2v) is 5.66. The predicted octanol–water partition coefficient (Wildman–Crippen LogP) is 2.61. The number of unbranched alkanes of at least 4 members (excludes halogenated alkanes) is 1. The van der Waals surface area contributed by atoms with Crippen molar-refractivity contribution in [3.8, 4) is 0 Å². The lowest BCUT2D eigenvalue weighted by atomic mass is 10.1. The van der Waals surface area contributed by atoms with Gasteiger partial charge < -0.3 is 10.2 Å². The van der Waals surface area contributed by atoms with Crippen molar-refractivity contribution in [2.75, 3.05) is 19.7 Å². The van der Waals surface area contributed by atoms with E-state index in [1.807, 2.05) is 24.3 Å². The van der Waals surface area contributed by atoms with E-state index in [9.17, 15) is 5.11 Å². The maximum absolute atomic E-state index is 10.3. The SMILES string of the molecule is OCCCCN(CC(O)c1ccc(Cl)cc1)C1CC1. The van der Waals surface area contributed by atoms with Gasteiger partial charge in [0.25, 0.3) is 0 Å². The maximum Gasteiger partial charge on any atom is 0.0917 e. The van der Waals surface area contributed by atoms with E-state index in [0.717, 1.165) is 24.9 Å². The van der Waals surface area contributed by atoms with Gasteiger partial charge in [0, 0.05) is 24.2 Å². The van der Waals surface area contributed by atoms with Gasteiger partial charge in [-0.05, 0) is 49.9 Å². The van der Waals surface area contributed by atoms with Crippen molar-refractivity contribution in [3.63, 3.8) is 0 Å². The molecule has 2 rings (SSSR count). The van der Waals surface area contributed by atoms with Gasteiger partial charge in [0.2, 0.25) is 0 Å². The lowest BCUT2D eigenvalue weighted by molar-refractivity contribution is 0.106. The third kappa shape index (κ3) is 4.77. The molecule has 1 atom stereocenters. The van der Waals surface area contributed by atoms with Crippen molar-refractivity contribution in [1.82, 2.24) is 4.90 Å². The minimum Gasteiger partial charge on any atom is -0.396 e. The van der Waals surface area contributed by atoms with Crippen LogP contribution in [0.3, 0.4) is 0 Å². The van der Waals surface area contributed by atoms with Gasteiger partial charge >= 0.3 is 0 Å². The Bertz CT molecular complexity index is 378. The molecule has 1 aromatic carbocycles. The van der Waals surface area contributed by atoms with Crippen molar-refractivity contribution in [3.05, 3.63) is 34.9 Å². The fourth-order valence-electron chi connectivity index (χ4n) is 2.30. The second-order valence-electron chi connectivity index (χ2n) is 5.22. The third-order valence-electron chi connectivity index (χ3n) is 3.58. The van der Waals surface area contributed by atoms with Crippen molar-refractivity contribution in [2.24, 2.45) is 0 Å². The number of aliphatic hydroxyl groups is 2. The summed E-state index contributed by atoms with van der Waals surface area (Å²) >= 11 is 5.85. The summed E-state index contributed by atoms with van der Waals surface area (Å²) in [6.07, 6.45) is 3.81. The summed E-state index contributed by atoms with van der Waals surface area (Å²) in [6.45, 7) is 1.87. The molecule has 1 fully saturated rings. The van der Waals surface area contributed by atoms with Gasteiger partial charge in [-0.15, -0.1) is 0 Å². The van der Waals surface area contributed by atoms with Gasteiger partial charge in [-0.2, -0.15) is 0 Å². The lowest BCUT2D eigenvalue weighted by Gasteiger charge is -2.25. The van der Waals surface area contributed by atoms with Crippen LogP contribution in [0, 0.1) is 0 Å². The van der Waals surface area contributed by atoms with Crippen molar-refractivity contribution in [1.29, 1.82) is 0 Å². The zero-order chi connectivity index (χ0) is 13.7. The molecule has 0 saturated heterocycles. The fraction of sp³-hybridized carbons (Fsp3) is 0.600. The zero-order valence-electron chi connectivity index (χ0n) is 11.1. The molecule has 19 heavy (non-hydrogen) atoms. The summed E-state index contributed by atoms with van der Waals surface area (Å²) in [4.78, 5) is 2.34. The monoisotopic (exact) mass is 283 g/mol. The predicted molar refractivity (Wildman–Crippen MR) is 77.3 cm³/mol. The second kappa shape index (κ2) is 7.25. The fourth-order valence-corrected chi connectivity index (χ4v) is 2.43. The molecule has 0 spiro atoms. The maximum atomic E-state index is 10.3. The van der Waals surface area contributed by atoms with Crippen LogP contribution in [0.25, 0.3) is 0 Å². The van der Waals surface area contributed by atoms with Crippen LogP contribution in [0.1, 0.15) is 37.4 Å². The van der Waals surface area contributed by atoms with E-state index in [4.69, 9.17) is 16.7 Å². The Kier molecular flexibility index (Phi) is 5.64. The average Bonchev–Trinajstić information content (AvgIpc) is 3.23. The van der Waals surface area contributed by atoms with Crippen molar-refractivity contribution in [2.45, 2.75) is 37.8 Å². The normalized spacial score (nSPS) is 16.8. The lowest BCUT2D eigenvalue weighted by Crippen LogP contribution is -2.32. The minimum atomic E-state index is -0.466. The molecule has 1 aromatic rings. The van der Waals surface area contributed by atoms with Crippen LogP contribution in [-0.4, -0.2) is 40.9 Å². The first kappa shape index (κ1) is 14.8. The van der Waals surface area contributed by atoms with E-state index >= 15 is 0 Å². The molecule has 1 unspecified atom stereocenters. The molecular weight excluding hydrogens is 262 g/mol. The average molecular weight is 284 g/mol. The van der Waals surface area contributed by atoms with Crippen molar-refractivity contribution < 1.29 is 10.2 Å². The Labute approximate surface area is 119 Å². The molecule has 0 heterocycles. The molecule has 0 radical (unpaired) electrons. The van der Waals surface area contributed by atoms with E-state index in [1.165, 1.54) is 12.8 Å². The largest absolute Gasteiger partial charge is 0.396 e. The number of nitrogens with zero attached hydrogens (tertiary/aromatic N) is 1. The Morgan fingerprint density at radius 1 is 1.21 bits per heavy atom. The van der Waals surface area contributed by atoms with Crippen LogP contribution in [0.4, 0.5) is 0 Å². The summed E-state index contributed by atoms with van der Waals surface area (Å²) in [5.41, 5.74) is 0.914. The molecule has 1 saturated carbocycles.